The molecule has 2 aromatic rings. The van der Waals surface area contributed by atoms with Crippen LogP contribution in [0.5, 0.6) is 5.75 Å². The first-order valence-electron chi connectivity index (χ1n) is 11.4. The molecule has 2 aliphatic heterocycles. The quantitative estimate of drug-likeness (QED) is 0.397. The predicted octanol–water partition coefficient (Wildman–Crippen LogP) is 1.62. The number of aliphatic hydroxyl groups excluding tert-OH is 1. The first-order valence-corrected chi connectivity index (χ1v) is 11.4. The third-order valence-corrected chi connectivity index (χ3v) is 6.52. The monoisotopic (exact) mass is 509 g/mol. The van der Waals surface area contributed by atoms with E-state index in [4.69, 9.17) is 4.74 Å². The molecule has 4 N–H and O–H groups in total. The van der Waals surface area contributed by atoms with Crippen molar-refractivity contribution in [3.8, 4) is 11.8 Å². The first kappa shape index (κ1) is 25.7. The van der Waals surface area contributed by atoms with Gasteiger partial charge in [0.25, 0.3) is 5.91 Å². The van der Waals surface area contributed by atoms with E-state index in [1.54, 1.807) is 18.2 Å². The molecule has 2 saturated heterocycles. The Morgan fingerprint density at radius 2 is 2.19 bits per heavy atom. The molecule has 0 saturated carbocycles. The van der Waals surface area contributed by atoms with Crippen LogP contribution in [0.4, 0.5) is 13.2 Å². The average Bonchev–Trinajstić information content (AvgIpc) is 3.55. The molecule has 4 rings (SSSR count). The van der Waals surface area contributed by atoms with Crippen molar-refractivity contribution < 1.29 is 37.3 Å². The van der Waals surface area contributed by atoms with Crippen molar-refractivity contribution in [3.63, 3.8) is 0 Å². The number of alkyl halides is 3. The summed E-state index contributed by atoms with van der Waals surface area (Å²) < 4.78 is 48.3. The van der Waals surface area contributed by atoms with Gasteiger partial charge in [-0.05, 0) is 37.5 Å². The van der Waals surface area contributed by atoms with Gasteiger partial charge >= 0.3 is 6.36 Å². The second-order valence-electron chi connectivity index (χ2n) is 8.86. The van der Waals surface area contributed by atoms with Crippen LogP contribution in [0.2, 0.25) is 0 Å². The van der Waals surface area contributed by atoms with Crippen molar-refractivity contribution in [2.24, 2.45) is 5.92 Å². The van der Waals surface area contributed by atoms with E-state index in [9.17, 15) is 33.1 Å². The highest BCUT2D eigenvalue weighted by molar-refractivity contribution is 6.00. The van der Waals surface area contributed by atoms with Gasteiger partial charge in [-0.15, -0.1) is 13.2 Å². The minimum atomic E-state index is -4.92. The van der Waals surface area contributed by atoms with Gasteiger partial charge in [-0.1, -0.05) is 6.07 Å². The predicted molar refractivity (Wildman–Crippen MR) is 119 cm³/mol. The van der Waals surface area contributed by atoms with Crippen molar-refractivity contribution in [2.45, 2.75) is 50.0 Å². The zero-order valence-electron chi connectivity index (χ0n) is 19.3. The number of H-pyrrole nitrogens is 1. The fourth-order valence-corrected chi connectivity index (χ4v) is 4.84. The van der Waals surface area contributed by atoms with E-state index in [-0.39, 0.29) is 24.4 Å². The van der Waals surface area contributed by atoms with Crippen LogP contribution < -0.4 is 15.4 Å². The smallest absolute Gasteiger partial charge is 0.496 e. The van der Waals surface area contributed by atoms with Gasteiger partial charge in [0, 0.05) is 29.9 Å². The molecule has 1 aromatic heterocycles. The number of halogens is 3. The molecule has 0 radical (unpaired) electrons. The van der Waals surface area contributed by atoms with E-state index >= 15 is 0 Å². The highest BCUT2D eigenvalue weighted by Gasteiger charge is 2.45. The lowest BCUT2D eigenvalue weighted by Gasteiger charge is -2.30. The molecule has 2 amide bonds. The van der Waals surface area contributed by atoms with E-state index in [2.05, 4.69) is 20.4 Å². The molecule has 0 spiro atoms. The lowest BCUT2D eigenvalue weighted by Crippen LogP contribution is -2.52. The molecule has 194 valence electrons. The summed E-state index contributed by atoms with van der Waals surface area (Å²) in [5.74, 6) is -0.750. The Kier molecular flexibility index (Phi) is 7.39. The molecule has 1 aromatic carbocycles. The molecule has 13 heteroatoms. The van der Waals surface area contributed by atoms with Crippen molar-refractivity contribution in [1.29, 1.82) is 5.26 Å². The summed E-state index contributed by atoms with van der Waals surface area (Å²) in [4.78, 5) is 29.3. The van der Waals surface area contributed by atoms with Gasteiger partial charge in [0.15, 0.2) is 0 Å². The number of likely N-dealkylation sites (tertiary alicyclic amines) is 1. The molecule has 36 heavy (non-hydrogen) atoms. The van der Waals surface area contributed by atoms with E-state index in [1.165, 1.54) is 13.2 Å². The summed E-state index contributed by atoms with van der Waals surface area (Å²) in [6.07, 6.45) is -7.53. The van der Waals surface area contributed by atoms with E-state index in [0.717, 1.165) is 4.90 Å². The molecule has 5 unspecified atom stereocenters. The number of aromatic amines is 1. The van der Waals surface area contributed by atoms with E-state index in [1.807, 2.05) is 6.07 Å². The van der Waals surface area contributed by atoms with Crippen LogP contribution >= 0.6 is 0 Å². The van der Waals surface area contributed by atoms with E-state index < -0.39 is 49.1 Å². The number of carbonyl (C=O) groups excluding carboxylic acids is 2. The minimum Gasteiger partial charge on any atom is -0.496 e. The molecule has 2 aliphatic rings. The summed E-state index contributed by atoms with van der Waals surface area (Å²) in [6, 6.07) is 6.58. The van der Waals surface area contributed by atoms with Crippen LogP contribution in [-0.4, -0.2) is 77.8 Å². The number of hydrogen-bond donors (Lipinski definition) is 4. The Balaban J connectivity index is 1.55. The number of methoxy groups -OCH3 is 1. The SMILES string of the molecule is COc1cccc2[nH]c(C(=O)N3CC(OC(F)(F)F)CC3C(O)NC(C#N)CC3CCNC3=O)cc12. The zero-order valence-corrected chi connectivity index (χ0v) is 19.3. The third kappa shape index (κ3) is 5.56. The Labute approximate surface area is 204 Å². The highest BCUT2D eigenvalue weighted by atomic mass is 19.4. The van der Waals surface area contributed by atoms with E-state index in [0.29, 0.717) is 29.6 Å². The maximum Gasteiger partial charge on any atom is 0.522 e. The second kappa shape index (κ2) is 10.3. The van der Waals surface area contributed by atoms with Crippen LogP contribution in [0.1, 0.15) is 29.8 Å². The number of aromatic nitrogens is 1. The Bertz CT molecular complexity index is 1160. The van der Waals surface area contributed by atoms with Crippen molar-refractivity contribution in [2.75, 3.05) is 20.2 Å². The van der Waals surface area contributed by atoms with Gasteiger partial charge in [-0.25, -0.2) is 0 Å². The molecule has 10 nitrogen and oxygen atoms in total. The zero-order chi connectivity index (χ0) is 26.0. The number of hydrogen-bond acceptors (Lipinski definition) is 7. The molecular formula is C23H26F3N5O5. The van der Waals surface area contributed by atoms with Crippen molar-refractivity contribution >= 4 is 22.7 Å². The van der Waals surface area contributed by atoms with Crippen LogP contribution in [0.25, 0.3) is 10.9 Å². The van der Waals surface area contributed by atoms with Gasteiger partial charge in [0.05, 0.1) is 31.4 Å². The standard InChI is InChI=1S/C23H26F3N5O5/c1-35-19-4-2-3-16-15(19)9-17(30-16)22(34)31-11-14(36-23(24,25)26)8-18(31)21(33)29-13(10-27)7-12-5-6-28-20(12)32/h2-4,9,12-14,18,21,29-30,33H,5-8,11H2,1H3,(H,28,32). The number of benzene rings is 1. The van der Waals surface area contributed by atoms with Crippen LogP contribution in [0.15, 0.2) is 24.3 Å². The molecule has 0 aliphatic carbocycles. The maximum atomic E-state index is 13.4. The van der Waals surface area contributed by atoms with Crippen LogP contribution in [0, 0.1) is 17.2 Å². The van der Waals surface area contributed by atoms with Crippen LogP contribution in [-0.2, 0) is 9.53 Å². The largest absolute Gasteiger partial charge is 0.522 e. The Morgan fingerprint density at radius 3 is 2.83 bits per heavy atom. The molecule has 2 fully saturated rings. The number of rotatable bonds is 8. The number of aliphatic hydroxyl groups is 1. The number of carbonyl (C=O) groups is 2. The summed E-state index contributed by atoms with van der Waals surface area (Å²) in [7, 11) is 1.47. The normalized spacial score (nSPS) is 23.9. The molecular weight excluding hydrogens is 483 g/mol. The van der Waals surface area contributed by atoms with Gasteiger partial charge in [0.1, 0.15) is 17.7 Å². The highest BCUT2D eigenvalue weighted by Crippen LogP contribution is 2.32. The fraction of sp³-hybridized carbons (Fsp3) is 0.522. The Morgan fingerprint density at radius 1 is 1.42 bits per heavy atom. The van der Waals surface area contributed by atoms with Crippen molar-refractivity contribution in [3.05, 3.63) is 30.0 Å². The maximum absolute atomic E-state index is 13.4. The lowest BCUT2D eigenvalue weighted by atomic mass is 9.98. The summed E-state index contributed by atoms with van der Waals surface area (Å²) in [6.45, 7) is 0.0668. The van der Waals surface area contributed by atoms with Gasteiger partial charge < -0.3 is 25.0 Å². The molecule has 5 atom stereocenters. The number of nitrogens with one attached hydrogen (secondary N) is 3. The fourth-order valence-electron chi connectivity index (χ4n) is 4.84. The summed E-state index contributed by atoms with van der Waals surface area (Å²) in [5, 5.41) is 26.3. The minimum absolute atomic E-state index is 0.0961. The van der Waals surface area contributed by atoms with Gasteiger partial charge in [-0.3, -0.25) is 19.6 Å². The number of ether oxygens (including phenoxy) is 2. The number of fused-ring (bicyclic) bond motifs is 1. The molecule has 0 bridgehead atoms. The summed E-state index contributed by atoms with van der Waals surface area (Å²) in [5.41, 5.74) is 0.688. The van der Waals surface area contributed by atoms with Crippen LogP contribution in [0.3, 0.4) is 0 Å². The molecule has 3 heterocycles. The topological polar surface area (TPSA) is 140 Å². The third-order valence-electron chi connectivity index (χ3n) is 6.52. The summed E-state index contributed by atoms with van der Waals surface area (Å²) >= 11 is 0. The van der Waals surface area contributed by atoms with Gasteiger partial charge in [0.2, 0.25) is 5.91 Å². The number of nitriles is 1. The number of amides is 2. The lowest BCUT2D eigenvalue weighted by molar-refractivity contribution is -0.340. The van der Waals surface area contributed by atoms with Crippen molar-refractivity contribution in [1.82, 2.24) is 20.5 Å². The average molecular weight is 509 g/mol. The first-order chi connectivity index (χ1) is 17.1. The Hall–Kier alpha value is -3.34. The number of nitrogens with zero attached hydrogens (tertiary/aromatic N) is 2. The van der Waals surface area contributed by atoms with Gasteiger partial charge in [-0.2, -0.15) is 5.26 Å². The second-order valence-corrected chi connectivity index (χ2v) is 8.86.